The molecule has 1 fully saturated rings. The average molecular weight is 290 g/mol. The Bertz CT molecular complexity index is 456. The van der Waals surface area contributed by atoms with Crippen LogP contribution in [0.3, 0.4) is 0 Å². The lowest BCUT2D eigenvalue weighted by molar-refractivity contribution is -0.118. The minimum Gasteiger partial charge on any atom is -0.395 e. The number of hydrogen-bond donors (Lipinski definition) is 2. The van der Waals surface area contributed by atoms with Crippen LogP contribution in [0.15, 0.2) is 24.3 Å². The summed E-state index contributed by atoms with van der Waals surface area (Å²) < 4.78 is 0. The number of aliphatic hydroxyl groups excluding tert-OH is 1. The van der Waals surface area contributed by atoms with Gasteiger partial charge in [-0.05, 0) is 37.5 Å². The SMILES string of the molecule is Cc1cccc(NC(=O)CN(CCO)C2CCCCC2)c1. The molecule has 0 bridgehead atoms. The van der Waals surface area contributed by atoms with Gasteiger partial charge in [0.05, 0.1) is 13.2 Å². The second kappa shape index (κ2) is 8.15. The monoisotopic (exact) mass is 290 g/mol. The normalized spacial score (nSPS) is 16.1. The number of aliphatic hydroxyl groups is 1. The van der Waals surface area contributed by atoms with Crippen LogP contribution in [0.4, 0.5) is 5.69 Å². The van der Waals surface area contributed by atoms with E-state index in [0.717, 1.165) is 24.1 Å². The van der Waals surface area contributed by atoms with Gasteiger partial charge in [0.15, 0.2) is 0 Å². The molecule has 0 atom stereocenters. The molecule has 1 aromatic rings. The molecule has 2 rings (SSSR count). The Hall–Kier alpha value is -1.39. The molecule has 1 saturated carbocycles. The van der Waals surface area contributed by atoms with Gasteiger partial charge in [0.25, 0.3) is 0 Å². The second-order valence-electron chi connectivity index (χ2n) is 5.90. The maximum absolute atomic E-state index is 12.2. The van der Waals surface area contributed by atoms with Crippen LogP contribution in [0.1, 0.15) is 37.7 Å². The molecule has 2 N–H and O–H groups in total. The Morgan fingerprint density at radius 2 is 2.10 bits per heavy atom. The van der Waals surface area contributed by atoms with E-state index < -0.39 is 0 Å². The van der Waals surface area contributed by atoms with E-state index in [1.165, 1.54) is 19.3 Å². The van der Waals surface area contributed by atoms with Gasteiger partial charge in [0.1, 0.15) is 0 Å². The summed E-state index contributed by atoms with van der Waals surface area (Å²) in [5.41, 5.74) is 1.97. The summed E-state index contributed by atoms with van der Waals surface area (Å²) in [5.74, 6) is -0.000349. The van der Waals surface area contributed by atoms with Gasteiger partial charge < -0.3 is 10.4 Å². The number of rotatable bonds is 6. The number of hydrogen-bond acceptors (Lipinski definition) is 3. The van der Waals surface area contributed by atoms with Crippen molar-refractivity contribution in [2.45, 2.75) is 45.1 Å². The summed E-state index contributed by atoms with van der Waals surface area (Å²) in [4.78, 5) is 14.3. The maximum atomic E-state index is 12.2. The molecule has 0 saturated heterocycles. The summed E-state index contributed by atoms with van der Waals surface area (Å²) in [5, 5.41) is 12.2. The van der Waals surface area contributed by atoms with E-state index in [4.69, 9.17) is 0 Å². The van der Waals surface area contributed by atoms with Crippen molar-refractivity contribution >= 4 is 11.6 Å². The van der Waals surface area contributed by atoms with Crippen LogP contribution in [-0.4, -0.2) is 41.7 Å². The van der Waals surface area contributed by atoms with E-state index in [1.54, 1.807) is 0 Å². The van der Waals surface area contributed by atoms with Crippen LogP contribution in [0, 0.1) is 6.92 Å². The highest BCUT2D eigenvalue weighted by molar-refractivity contribution is 5.92. The summed E-state index contributed by atoms with van der Waals surface area (Å²) in [6.07, 6.45) is 6.02. The van der Waals surface area contributed by atoms with Crippen molar-refractivity contribution in [1.29, 1.82) is 0 Å². The van der Waals surface area contributed by atoms with Gasteiger partial charge in [0.2, 0.25) is 5.91 Å². The fraction of sp³-hybridized carbons (Fsp3) is 0.588. The van der Waals surface area contributed by atoms with Crippen LogP contribution in [0.2, 0.25) is 0 Å². The lowest BCUT2D eigenvalue weighted by atomic mass is 9.94. The van der Waals surface area contributed by atoms with Crippen LogP contribution >= 0.6 is 0 Å². The van der Waals surface area contributed by atoms with E-state index in [-0.39, 0.29) is 12.5 Å². The third kappa shape index (κ3) is 5.14. The Labute approximate surface area is 127 Å². The number of benzene rings is 1. The number of carbonyl (C=O) groups is 1. The van der Waals surface area contributed by atoms with Crippen LogP contribution < -0.4 is 5.32 Å². The van der Waals surface area contributed by atoms with E-state index in [9.17, 15) is 9.90 Å². The average Bonchev–Trinajstić information content (AvgIpc) is 2.47. The smallest absolute Gasteiger partial charge is 0.238 e. The number of anilines is 1. The Morgan fingerprint density at radius 1 is 1.33 bits per heavy atom. The molecule has 1 aliphatic carbocycles. The van der Waals surface area contributed by atoms with Gasteiger partial charge in [-0.3, -0.25) is 9.69 Å². The van der Waals surface area contributed by atoms with Gasteiger partial charge in [-0.15, -0.1) is 0 Å². The number of carbonyl (C=O) groups excluding carboxylic acids is 1. The number of nitrogens with one attached hydrogen (secondary N) is 1. The van der Waals surface area contributed by atoms with Gasteiger partial charge in [0, 0.05) is 18.3 Å². The largest absolute Gasteiger partial charge is 0.395 e. The fourth-order valence-electron chi connectivity index (χ4n) is 3.07. The molecular formula is C17H26N2O2. The molecule has 1 aromatic carbocycles. The van der Waals surface area contributed by atoms with Crippen LogP contribution in [0.5, 0.6) is 0 Å². The van der Waals surface area contributed by atoms with Gasteiger partial charge >= 0.3 is 0 Å². The third-order valence-electron chi connectivity index (χ3n) is 4.13. The van der Waals surface area contributed by atoms with Crippen molar-refractivity contribution in [2.75, 3.05) is 25.0 Å². The zero-order chi connectivity index (χ0) is 15.1. The molecule has 1 amide bonds. The van der Waals surface area contributed by atoms with Gasteiger partial charge in [-0.1, -0.05) is 31.4 Å². The minimum absolute atomic E-state index is 0.000349. The molecule has 4 heteroatoms. The molecule has 1 aliphatic rings. The molecule has 0 aromatic heterocycles. The topological polar surface area (TPSA) is 52.6 Å². The standard InChI is InChI=1S/C17H26N2O2/c1-14-6-5-7-15(12-14)18-17(21)13-19(10-11-20)16-8-3-2-4-9-16/h5-7,12,16,20H,2-4,8-11,13H2,1H3,(H,18,21). The molecule has 4 nitrogen and oxygen atoms in total. The van der Waals surface area contributed by atoms with E-state index >= 15 is 0 Å². The van der Waals surface area contributed by atoms with Crippen molar-refractivity contribution in [3.05, 3.63) is 29.8 Å². The highest BCUT2D eigenvalue weighted by Gasteiger charge is 2.22. The maximum Gasteiger partial charge on any atom is 0.238 e. The number of aryl methyl sites for hydroxylation is 1. The first-order chi connectivity index (χ1) is 10.2. The van der Waals surface area contributed by atoms with Crippen molar-refractivity contribution in [2.24, 2.45) is 0 Å². The summed E-state index contributed by atoms with van der Waals surface area (Å²) >= 11 is 0. The van der Waals surface area contributed by atoms with E-state index in [0.29, 0.717) is 19.1 Å². The van der Waals surface area contributed by atoms with Crippen molar-refractivity contribution in [3.8, 4) is 0 Å². The summed E-state index contributed by atoms with van der Waals surface area (Å²) in [6.45, 7) is 3.05. The predicted molar refractivity (Wildman–Crippen MR) is 85.3 cm³/mol. The molecule has 21 heavy (non-hydrogen) atoms. The van der Waals surface area contributed by atoms with Crippen LogP contribution in [-0.2, 0) is 4.79 Å². The number of amides is 1. The molecule has 0 spiro atoms. The number of nitrogens with zero attached hydrogens (tertiary/aromatic N) is 1. The zero-order valence-electron chi connectivity index (χ0n) is 12.8. The Balaban J connectivity index is 1.91. The first-order valence-electron chi connectivity index (χ1n) is 7.90. The first-order valence-corrected chi connectivity index (χ1v) is 7.90. The third-order valence-corrected chi connectivity index (χ3v) is 4.13. The summed E-state index contributed by atoms with van der Waals surface area (Å²) in [7, 11) is 0. The fourth-order valence-corrected chi connectivity index (χ4v) is 3.07. The van der Waals surface area contributed by atoms with Gasteiger partial charge in [-0.25, -0.2) is 0 Å². The molecule has 0 radical (unpaired) electrons. The highest BCUT2D eigenvalue weighted by Crippen LogP contribution is 2.22. The summed E-state index contributed by atoms with van der Waals surface area (Å²) in [6, 6.07) is 8.26. The molecule has 0 aliphatic heterocycles. The molecule has 0 heterocycles. The zero-order valence-corrected chi connectivity index (χ0v) is 12.8. The molecular weight excluding hydrogens is 264 g/mol. The highest BCUT2D eigenvalue weighted by atomic mass is 16.3. The van der Waals surface area contributed by atoms with E-state index in [1.807, 2.05) is 31.2 Å². The quantitative estimate of drug-likeness (QED) is 0.846. The van der Waals surface area contributed by atoms with Crippen molar-refractivity contribution in [1.82, 2.24) is 4.90 Å². The van der Waals surface area contributed by atoms with Crippen molar-refractivity contribution < 1.29 is 9.90 Å². The lowest BCUT2D eigenvalue weighted by Crippen LogP contribution is -2.43. The Morgan fingerprint density at radius 3 is 2.76 bits per heavy atom. The predicted octanol–water partition coefficient (Wildman–Crippen LogP) is 2.56. The lowest BCUT2D eigenvalue weighted by Gasteiger charge is -2.33. The van der Waals surface area contributed by atoms with E-state index in [2.05, 4.69) is 10.2 Å². The van der Waals surface area contributed by atoms with Crippen LogP contribution in [0.25, 0.3) is 0 Å². The molecule has 116 valence electrons. The second-order valence-corrected chi connectivity index (χ2v) is 5.90. The first kappa shape index (κ1) is 16.0. The Kier molecular flexibility index (Phi) is 6.21. The van der Waals surface area contributed by atoms with Gasteiger partial charge in [-0.2, -0.15) is 0 Å². The molecule has 0 unspecified atom stereocenters. The van der Waals surface area contributed by atoms with Crippen molar-refractivity contribution in [3.63, 3.8) is 0 Å². The minimum atomic E-state index is -0.000349.